The Hall–Kier alpha value is -1.32. The van der Waals surface area contributed by atoms with Crippen LogP contribution in [0.25, 0.3) is 6.08 Å². The van der Waals surface area contributed by atoms with Gasteiger partial charge in [-0.25, -0.2) is 0 Å². The summed E-state index contributed by atoms with van der Waals surface area (Å²) in [5.74, 6) is 0.886. The molecule has 0 saturated carbocycles. The molecule has 0 spiro atoms. The number of fused-ring (bicyclic) bond motifs is 1. The van der Waals surface area contributed by atoms with Crippen molar-refractivity contribution in [1.82, 2.24) is 0 Å². The number of aryl methyl sites for hydroxylation is 1. The summed E-state index contributed by atoms with van der Waals surface area (Å²) < 4.78 is 5.78. The van der Waals surface area contributed by atoms with Crippen LogP contribution in [0.1, 0.15) is 31.4 Å². The van der Waals surface area contributed by atoms with Crippen molar-refractivity contribution in [2.24, 2.45) is 0 Å². The number of ether oxygens (including phenoxy) is 1. The molecule has 0 amide bonds. The molecule has 19 heavy (non-hydrogen) atoms. The number of allylic oxidation sites excluding steroid dienone is 1. The van der Waals surface area contributed by atoms with Crippen LogP contribution in [0.3, 0.4) is 0 Å². The van der Waals surface area contributed by atoms with E-state index in [9.17, 15) is 5.11 Å². The highest BCUT2D eigenvalue weighted by molar-refractivity contribution is 5.63. The van der Waals surface area contributed by atoms with Crippen LogP contribution in [0.2, 0.25) is 0 Å². The Balaban J connectivity index is 1.92. The van der Waals surface area contributed by atoms with E-state index in [4.69, 9.17) is 4.74 Å². The summed E-state index contributed by atoms with van der Waals surface area (Å²) in [6, 6.07) is 6.66. The quantitative estimate of drug-likeness (QED) is 0.813. The second-order valence-electron chi connectivity index (χ2n) is 5.45. The van der Waals surface area contributed by atoms with E-state index in [0.717, 1.165) is 18.6 Å². The number of hydrogen-bond acceptors (Lipinski definition) is 2. The van der Waals surface area contributed by atoms with E-state index < -0.39 is 6.10 Å². The summed E-state index contributed by atoms with van der Waals surface area (Å²) in [7, 11) is 0. The van der Waals surface area contributed by atoms with Gasteiger partial charge in [0, 0.05) is 5.56 Å². The van der Waals surface area contributed by atoms with Gasteiger partial charge in [-0.15, -0.1) is 0 Å². The Morgan fingerprint density at radius 3 is 3.00 bits per heavy atom. The Labute approximate surface area is 115 Å². The standard InChI is InChI=1S/C16H23NO2/c1-12(2)17-10-14(18)11-19-16-9-5-7-13-6-3-4-8-15(13)16/h4-5,7-9,12,14,17-18H,3,6,10-11H2,1-2H3/p+1/t14-/m1/s1. The molecule has 3 N–H and O–H groups in total. The van der Waals surface area contributed by atoms with E-state index >= 15 is 0 Å². The lowest BCUT2D eigenvalue weighted by molar-refractivity contribution is -0.688. The third kappa shape index (κ3) is 4.08. The van der Waals surface area contributed by atoms with E-state index in [1.165, 1.54) is 11.1 Å². The highest BCUT2D eigenvalue weighted by Crippen LogP contribution is 2.28. The Morgan fingerprint density at radius 1 is 1.37 bits per heavy atom. The Bertz CT molecular complexity index is 440. The number of aliphatic hydroxyl groups excluding tert-OH is 1. The van der Waals surface area contributed by atoms with Crippen molar-refractivity contribution in [2.75, 3.05) is 13.2 Å². The second kappa shape index (κ2) is 6.73. The van der Waals surface area contributed by atoms with E-state index in [1.54, 1.807) is 0 Å². The first kappa shape index (κ1) is 14.1. The molecule has 2 rings (SSSR count). The summed E-state index contributed by atoms with van der Waals surface area (Å²) >= 11 is 0. The Kier molecular flexibility index (Phi) is 5.00. The number of rotatable bonds is 6. The molecule has 0 aromatic heterocycles. The van der Waals surface area contributed by atoms with Gasteiger partial charge in [0.15, 0.2) is 0 Å². The monoisotopic (exact) mass is 262 g/mol. The molecule has 1 aromatic carbocycles. The third-order valence-electron chi connectivity index (χ3n) is 3.33. The molecule has 3 nitrogen and oxygen atoms in total. The van der Waals surface area contributed by atoms with Crippen molar-refractivity contribution in [1.29, 1.82) is 0 Å². The molecule has 1 aliphatic rings. The number of aliphatic hydroxyl groups is 1. The molecule has 3 heteroatoms. The van der Waals surface area contributed by atoms with Gasteiger partial charge in [0.05, 0.1) is 6.04 Å². The van der Waals surface area contributed by atoms with E-state index in [2.05, 4.69) is 37.4 Å². The van der Waals surface area contributed by atoms with Crippen LogP contribution in [0.4, 0.5) is 0 Å². The van der Waals surface area contributed by atoms with E-state index in [-0.39, 0.29) is 0 Å². The fourth-order valence-corrected chi connectivity index (χ4v) is 2.25. The summed E-state index contributed by atoms with van der Waals surface area (Å²) in [5, 5.41) is 12.0. The van der Waals surface area contributed by atoms with Crippen LogP contribution < -0.4 is 10.1 Å². The minimum Gasteiger partial charge on any atom is -0.490 e. The zero-order valence-electron chi connectivity index (χ0n) is 11.8. The Morgan fingerprint density at radius 2 is 2.21 bits per heavy atom. The van der Waals surface area contributed by atoms with Crippen LogP contribution >= 0.6 is 0 Å². The lowest BCUT2D eigenvalue weighted by atomic mass is 9.97. The average Bonchev–Trinajstić information content (AvgIpc) is 2.42. The first-order chi connectivity index (χ1) is 9.16. The predicted octanol–water partition coefficient (Wildman–Crippen LogP) is 1.36. The molecule has 0 bridgehead atoms. The van der Waals surface area contributed by atoms with Gasteiger partial charge in [-0.1, -0.05) is 24.3 Å². The minimum atomic E-state index is -0.425. The van der Waals surface area contributed by atoms with Crippen molar-refractivity contribution < 1.29 is 15.2 Å². The van der Waals surface area contributed by atoms with E-state index in [1.807, 2.05) is 12.1 Å². The molecule has 0 unspecified atom stereocenters. The van der Waals surface area contributed by atoms with Crippen molar-refractivity contribution in [3.63, 3.8) is 0 Å². The molecule has 0 fully saturated rings. The van der Waals surface area contributed by atoms with Crippen LogP contribution in [0.15, 0.2) is 24.3 Å². The van der Waals surface area contributed by atoms with Gasteiger partial charge in [-0.05, 0) is 38.3 Å². The van der Waals surface area contributed by atoms with Gasteiger partial charge in [0.2, 0.25) is 0 Å². The molecular formula is C16H24NO2+. The zero-order valence-corrected chi connectivity index (χ0v) is 11.8. The van der Waals surface area contributed by atoms with Crippen molar-refractivity contribution in [3.05, 3.63) is 35.4 Å². The van der Waals surface area contributed by atoms with Gasteiger partial charge in [0.25, 0.3) is 0 Å². The smallest absolute Gasteiger partial charge is 0.137 e. The van der Waals surface area contributed by atoms with Crippen LogP contribution in [-0.4, -0.2) is 30.4 Å². The van der Waals surface area contributed by atoms with Crippen LogP contribution in [0, 0.1) is 0 Å². The first-order valence-corrected chi connectivity index (χ1v) is 7.09. The SMILES string of the molecule is CC(C)[NH2+]C[C@@H](O)COc1cccc2c1C=CCC2. The molecule has 0 radical (unpaired) electrons. The number of nitrogens with two attached hydrogens (primary N) is 1. The summed E-state index contributed by atoms with van der Waals surface area (Å²) in [6.07, 6.45) is 6.06. The second-order valence-corrected chi connectivity index (χ2v) is 5.45. The molecular weight excluding hydrogens is 238 g/mol. The topological polar surface area (TPSA) is 46.1 Å². The van der Waals surface area contributed by atoms with Crippen molar-refractivity contribution in [2.45, 2.75) is 38.8 Å². The molecule has 104 valence electrons. The maximum absolute atomic E-state index is 9.89. The highest BCUT2D eigenvalue weighted by Gasteiger charge is 2.13. The fourth-order valence-electron chi connectivity index (χ4n) is 2.25. The van der Waals surface area contributed by atoms with E-state index in [0.29, 0.717) is 19.2 Å². The maximum atomic E-state index is 9.89. The van der Waals surface area contributed by atoms with Gasteiger partial charge in [-0.2, -0.15) is 0 Å². The highest BCUT2D eigenvalue weighted by atomic mass is 16.5. The summed E-state index contributed by atoms with van der Waals surface area (Å²) in [6.45, 7) is 5.27. The maximum Gasteiger partial charge on any atom is 0.137 e. The van der Waals surface area contributed by atoms with Gasteiger partial charge < -0.3 is 15.2 Å². The third-order valence-corrected chi connectivity index (χ3v) is 3.33. The molecule has 1 atom stereocenters. The lowest BCUT2D eigenvalue weighted by Crippen LogP contribution is -2.90. The molecule has 1 aliphatic carbocycles. The largest absolute Gasteiger partial charge is 0.490 e. The lowest BCUT2D eigenvalue weighted by Gasteiger charge is -2.17. The predicted molar refractivity (Wildman–Crippen MR) is 77.2 cm³/mol. The summed E-state index contributed by atoms with van der Waals surface area (Å²) in [5.41, 5.74) is 2.51. The molecule has 0 aliphatic heterocycles. The zero-order chi connectivity index (χ0) is 13.7. The number of hydrogen-bond donors (Lipinski definition) is 2. The molecule has 0 heterocycles. The van der Waals surface area contributed by atoms with Crippen LogP contribution in [-0.2, 0) is 6.42 Å². The molecule has 1 aromatic rings. The van der Waals surface area contributed by atoms with Crippen molar-refractivity contribution >= 4 is 6.08 Å². The molecule has 0 saturated heterocycles. The van der Waals surface area contributed by atoms with Gasteiger partial charge in [-0.3, -0.25) is 0 Å². The summed E-state index contributed by atoms with van der Waals surface area (Å²) in [4.78, 5) is 0. The normalized spacial score (nSPS) is 15.4. The fraction of sp³-hybridized carbons (Fsp3) is 0.500. The van der Waals surface area contributed by atoms with Crippen molar-refractivity contribution in [3.8, 4) is 5.75 Å². The minimum absolute atomic E-state index is 0.355. The average molecular weight is 262 g/mol. The van der Waals surface area contributed by atoms with Gasteiger partial charge in [0.1, 0.15) is 25.0 Å². The van der Waals surface area contributed by atoms with Gasteiger partial charge >= 0.3 is 0 Å². The number of benzene rings is 1. The first-order valence-electron chi connectivity index (χ1n) is 7.09. The van der Waals surface area contributed by atoms with Crippen LogP contribution in [0.5, 0.6) is 5.75 Å². The number of quaternary nitrogens is 1.